The molecule has 2 aliphatic rings. The molecule has 4 N–H and O–H groups in total. The Hall–Kier alpha value is -3.66. The van der Waals surface area contributed by atoms with E-state index in [1.54, 1.807) is 18.3 Å². The maximum atomic E-state index is 15.3. The fraction of sp³-hybridized carbons (Fsp3) is 0.348. The van der Waals surface area contributed by atoms with Gasteiger partial charge in [-0.1, -0.05) is 6.92 Å². The van der Waals surface area contributed by atoms with E-state index in [0.717, 1.165) is 11.3 Å². The Morgan fingerprint density at radius 1 is 1.27 bits per heavy atom. The normalized spacial score (nSPS) is 19.5. The predicted molar refractivity (Wildman–Crippen MR) is 122 cm³/mol. The number of fused-ring (bicyclic) bond motifs is 2. The molecule has 9 nitrogen and oxygen atoms in total. The molecule has 0 saturated carbocycles. The van der Waals surface area contributed by atoms with Gasteiger partial charge >= 0.3 is 6.09 Å². The Labute approximate surface area is 189 Å². The summed E-state index contributed by atoms with van der Waals surface area (Å²) in [7, 11) is 0. The molecule has 3 aromatic rings. The van der Waals surface area contributed by atoms with Crippen molar-refractivity contribution in [3.05, 3.63) is 35.9 Å². The summed E-state index contributed by atoms with van der Waals surface area (Å²) < 4.78 is 31.6. The van der Waals surface area contributed by atoms with Crippen molar-refractivity contribution in [3.63, 3.8) is 0 Å². The second kappa shape index (κ2) is 8.36. The molecule has 1 unspecified atom stereocenters. The van der Waals surface area contributed by atoms with E-state index in [0.29, 0.717) is 54.1 Å². The van der Waals surface area contributed by atoms with Crippen LogP contribution in [0.4, 0.5) is 26.4 Å². The topological polar surface area (TPSA) is 121 Å². The standard InChI is InChI=1S/C23H24FN5O4/c1-11-9-31-10-17(11)33-23(30)29-18-6-13-5-14(19(24)20(25)16(13)8-27-18)15-7-28-22-21(12(15)2)26-3-4-32-22/h5-8,11,17,26H,3-4,9-10,25H2,1-2H3,(H,27,29,30)/t11-,17?/m1/s1. The Bertz CT molecular complexity index is 1250. The zero-order valence-electron chi connectivity index (χ0n) is 18.3. The number of rotatable bonds is 3. The summed E-state index contributed by atoms with van der Waals surface area (Å²) >= 11 is 0. The summed E-state index contributed by atoms with van der Waals surface area (Å²) in [6.45, 7) is 5.92. The summed E-state index contributed by atoms with van der Waals surface area (Å²) in [6.07, 6.45) is 2.08. The minimum Gasteiger partial charge on any atom is -0.474 e. The number of pyridine rings is 2. The number of nitrogens with two attached hydrogens (primary N) is 1. The number of benzene rings is 1. The minimum atomic E-state index is -0.625. The highest BCUT2D eigenvalue weighted by molar-refractivity contribution is 5.99. The number of ether oxygens (including phenoxy) is 3. The highest BCUT2D eigenvalue weighted by Crippen LogP contribution is 2.39. The zero-order chi connectivity index (χ0) is 23.1. The maximum absolute atomic E-state index is 15.3. The fourth-order valence-electron chi connectivity index (χ4n) is 4.12. The van der Waals surface area contributed by atoms with Gasteiger partial charge in [0.1, 0.15) is 24.2 Å². The van der Waals surface area contributed by atoms with Crippen LogP contribution in [-0.4, -0.2) is 48.5 Å². The van der Waals surface area contributed by atoms with Gasteiger partial charge in [0.25, 0.3) is 0 Å². The van der Waals surface area contributed by atoms with Crippen LogP contribution in [0.3, 0.4) is 0 Å². The number of halogens is 1. The molecular formula is C23H24FN5O4. The van der Waals surface area contributed by atoms with Gasteiger partial charge in [0.2, 0.25) is 5.88 Å². The first-order valence-corrected chi connectivity index (χ1v) is 10.7. The number of nitrogens with zero attached hydrogens (tertiary/aromatic N) is 2. The van der Waals surface area contributed by atoms with E-state index in [9.17, 15) is 4.79 Å². The first-order chi connectivity index (χ1) is 15.9. The van der Waals surface area contributed by atoms with E-state index in [-0.39, 0.29) is 23.5 Å². The third kappa shape index (κ3) is 3.86. The van der Waals surface area contributed by atoms with Gasteiger partial charge in [-0.15, -0.1) is 0 Å². The molecule has 1 aromatic carbocycles. The Balaban J connectivity index is 1.48. The number of hydrogen-bond donors (Lipinski definition) is 3. The molecule has 1 fully saturated rings. The molecule has 2 aromatic heterocycles. The van der Waals surface area contributed by atoms with Crippen LogP contribution in [0.25, 0.3) is 21.9 Å². The van der Waals surface area contributed by atoms with Crippen molar-refractivity contribution in [2.75, 3.05) is 42.7 Å². The summed E-state index contributed by atoms with van der Waals surface area (Å²) in [5.74, 6) is 0.333. The van der Waals surface area contributed by atoms with Crippen LogP contribution in [0, 0.1) is 18.7 Å². The van der Waals surface area contributed by atoms with Crippen molar-refractivity contribution in [1.29, 1.82) is 0 Å². The first-order valence-electron chi connectivity index (χ1n) is 10.7. The minimum absolute atomic E-state index is 0.0256. The van der Waals surface area contributed by atoms with Crippen molar-refractivity contribution in [2.45, 2.75) is 20.0 Å². The number of anilines is 3. The summed E-state index contributed by atoms with van der Waals surface area (Å²) in [4.78, 5) is 20.8. The molecule has 33 heavy (non-hydrogen) atoms. The first kappa shape index (κ1) is 21.2. The van der Waals surface area contributed by atoms with Crippen LogP contribution in [0.5, 0.6) is 5.88 Å². The van der Waals surface area contributed by atoms with Crippen LogP contribution in [-0.2, 0) is 9.47 Å². The third-order valence-corrected chi connectivity index (χ3v) is 6.02. The van der Waals surface area contributed by atoms with Gasteiger partial charge in [-0.3, -0.25) is 5.32 Å². The van der Waals surface area contributed by atoms with Gasteiger partial charge in [0.05, 0.1) is 18.9 Å². The number of aromatic nitrogens is 2. The van der Waals surface area contributed by atoms with Gasteiger partial charge in [-0.25, -0.2) is 19.2 Å². The lowest BCUT2D eigenvalue weighted by molar-refractivity contribution is 0.0843. The van der Waals surface area contributed by atoms with E-state index in [4.69, 9.17) is 19.9 Å². The summed E-state index contributed by atoms with van der Waals surface area (Å²) in [6, 6.07) is 3.30. The number of nitrogen functional groups attached to an aromatic ring is 1. The summed E-state index contributed by atoms with van der Waals surface area (Å²) in [5, 5.41) is 6.94. The van der Waals surface area contributed by atoms with E-state index >= 15 is 4.39 Å². The Morgan fingerprint density at radius 2 is 2.12 bits per heavy atom. The third-order valence-electron chi connectivity index (χ3n) is 6.02. The Kier molecular flexibility index (Phi) is 5.37. The molecule has 172 valence electrons. The van der Waals surface area contributed by atoms with Gasteiger partial charge in [0, 0.05) is 41.4 Å². The molecule has 2 atom stereocenters. The van der Waals surface area contributed by atoms with E-state index in [1.165, 1.54) is 6.20 Å². The van der Waals surface area contributed by atoms with Crippen molar-refractivity contribution in [2.24, 2.45) is 5.92 Å². The number of nitrogens with one attached hydrogen (secondary N) is 2. The molecular weight excluding hydrogens is 429 g/mol. The molecule has 0 bridgehead atoms. The summed E-state index contributed by atoms with van der Waals surface area (Å²) in [5.41, 5.74) is 8.54. The molecule has 0 spiro atoms. The molecule has 4 heterocycles. The van der Waals surface area contributed by atoms with Crippen LogP contribution in [0.1, 0.15) is 12.5 Å². The highest BCUT2D eigenvalue weighted by atomic mass is 19.1. The van der Waals surface area contributed by atoms with Gasteiger partial charge < -0.3 is 25.3 Å². The fourth-order valence-corrected chi connectivity index (χ4v) is 4.12. The lowest BCUT2D eigenvalue weighted by Crippen LogP contribution is -2.27. The predicted octanol–water partition coefficient (Wildman–Crippen LogP) is 3.71. The molecule has 0 radical (unpaired) electrons. The van der Waals surface area contributed by atoms with Crippen molar-refractivity contribution >= 4 is 34.1 Å². The van der Waals surface area contributed by atoms with E-state index in [2.05, 4.69) is 20.6 Å². The van der Waals surface area contributed by atoms with Gasteiger partial charge in [0.15, 0.2) is 5.82 Å². The highest BCUT2D eigenvalue weighted by Gasteiger charge is 2.28. The van der Waals surface area contributed by atoms with E-state index < -0.39 is 11.9 Å². The number of amides is 1. The zero-order valence-corrected chi connectivity index (χ0v) is 18.3. The molecule has 1 saturated heterocycles. The van der Waals surface area contributed by atoms with Crippen LogP contribution in [0.2, 0.25) is 0 Å². The monoisotopic (exact) mass is 453 g/mol. The molecule has 10 heteroatoms. The van der Waals surface area contributed by atoms with Crippen LogP contribution >= 0.6 is 0 Å². The van der Waals surface area contributed by atoms with Crippen molar-refractivity contribution < 1.29 is 23.4 Å². The average molecular weight is 453 g/mol. The maximum Gasteiger partial charge on any atom is 0.413 e. The molecule has 0 aliphatic carbocycles. The quantitative estimate of drug-likeness (QED) is 0.513. The second-order valence-corrected chi connectivity index (χ2v) is 8.28. The van der Waals surface area contributed by atoms with Crippen molar-refractivity contribution in [1.82, 2.24) is 9.97 Å². The molecule has 5 rings (SSSR count). The lowest BCUT2D eigenvalue weighted by Gasteiger charge is -2.22. The second-order valence-electron chi connectivity index (χ2n) is 8.28. The number of hydrogen-bond acceptors (Lipinski definition) is 8. The van der Waals surface area contributed by atoms with Crippen LogP contribution < -0.4 is 21.1 Å². The molecule has 1 amide bonds. The largest absolute Gasteiger partial charge is 0.474 e. The Morgan fingerprint density at radius 3 is 2.91 bits per heavy atom. The van der Waals surface area contributed by atoms with E-state index in [1.807, 2.05) is 13.8 Å². The van der Waals surface area contributed by atoms with Gasteiger partial charge in [-0.2, -0.15) is 0 Å². The van der Waals surface area contributed by atoms with Crippen LogP contribution in [0.15, 0.2) is 24.5 Å². The van der Waals surface area contributed by atoms with Crippen molar-refractivity contribution in [3.8, 4) is 17.0 Å². The molecule has 2 aliphatic heterocycles. The number of carbonyl (C=O) groups excluding carboxylic acids is 1. The SMILES string of the molecule is Cc1c(-c2cc3cc(NC(=O)OC4COC[C@H]4C)ncc3c(N)c2F)cnc2c1NCCO2. The number of carbonyl (C=O) groups is 1. The average Bonchev–Trinajstić information content (AvgIpc) is 3.21. The smallest absolute Gasteiger partial charge is 0.413 e. The van der Waals surface area contributed by atoms with Gasteiger partial charge in [-0.05, 0) is 30.0 Å². The lowest BCUT2D eigenvalue weighted by atomic mass is 9.97.